The fourth-order valence-corrected chi connectivity index (χ4v) is 3.31. The van der Waals surface area contributed by atoms with Gasteiger partial charge in [-0.2, -0.15) is 4.37 Å². The molecule has 0 unspecified atom stereocenters. The predicted molar refractivity (Wildman–Crippen MR) is 88.2 cm³/mol. The Labute approximate surface area is 133 Å². The maximum absolute atomic E-state index is 12.6. The fourth-order valence-electron chi connectivity index (χ4n) is 2.58. The molecular formula is C15H19N5OS. The number of anilines is 2. The Kier molecular flexibility index (Phi) is 4.24. The normalized spacial score (nSPS) is 15.7. The van der Waals surface area contributed by atoms with Crippen LogP contribution in [-0.2, 0) is 0 Å². The van der Waals surface area contributed by atoms with Gasteiger partial charge in [0.05, 0.1) is 0 Å². The summed E-state index contributed by atoms with van der Waals surface area (Å²) in [5.41, 5.74) is 7.03. The summed E-state index contributed by atoms with van der Waals surface area (Å²) in [6.45, 7) is 5.01. The van der Waals surface area contributed by atoms with Crippen molar-refractivity contribution in [2.45, 2.75) is 13.3 Å². The number of carbonyl (C=O) groups is 1. The van der Waals surface area contributed by atoms with Gasteiger partial charge < -0.3 is 15.5 Å². The van der Waals surface area contributed by atoms with E-state index in [1.165, 1.54) is 11.5 Å². The molecule has 7 heteroatoms. The first kappa shape index (κ1) is 14.8. The SMILES string of the molecule is Cc1nsc(N2CCCN(C(=O)c3cccc(N)c3)CC2)n1. The number of nitrogens with two attached hydrogens (primary N) is 1. The molecule has 1 saturated heterocycles. The first-order valence-electron chi connectivity index (χ1n) is 7.33. The number of carbonyl (C=O) groups excluding carboxylic acids is 1. The van der Waals surface area contributed by atoms with Crippen molar-refractivity contribution in [2.75, 3.05) is 36.8 Å². The average molecular weight is 317 g/mol. The van der Waals surface area contributed by atoms with Crippen LogP contribution in [0.2, 0.25) is 0 Å². The molecule has 1 aromatic heterocycles. The van der Waals surface area contributed by atoms with E-state index in [0.29, 0.717) is 17.8 Å². The minimum absolute atomic E-state index is 0.0441. The lowest BCUT2D eigenvalue weighted by Gasteiger charge is -2.21. The summed E-state index contributed by atoms with van der Waals surface area (Å²) in [7, 11) is 0. The number of rotatable bonds is 2. The van der Waals surface area contributed by atoms with E-state index in [-0.39, 0.29) is 5.91 Å². The number of nitrogen functional groups attached to an aromatic ring is 1. The number of benzene rings is 1. The van der Waals surface area contributed by atoms with Gasteiger partial charge in [0.15, 0.2) is 0 Å². The molecule has 0 spiro atoms. The molecule has 1 fully saturated rings. The zero-order chi connectivity index (χ0) is 15.5. The molecule has 1 aromatic carbocycles. The smallest absolute Gasteiger partial charge is 0.253 e. The van der Waals surface area contributed by atoms with E-state index < -0.39 is 0 Å². The predicted octanol–water partition coefficient (Wildman–Crippen LogP) is 1.78. The van der Waals surface area contributed by atoms with Crippen LogP contribution in [0.5, 0.6) is 0 Å². The summed E-state index contributed by atoms with van der Waals surface area (Å²) in [6.07, 6.45) is 0.923. The Morgan fingerprint density at radius 2 is 2.14 bits per heavy atom. The molecule has 22 heavy (non-hydrogen) atoms. The molecule has 1 aliphatic heterocycles. The first-order chi connectivity index (χ1) is 10.6. The Hall–Kier alpha value is -2.15. The quantitative estimate of drug-likeness (QED) is 0.855. The third kappa shape index (κ3) is 3.19. The zero-order valence-electron chi connectivity index (χ0n) is 12.5. The molecule has 3 rings (SSSR count). The van der Waals surface area contributed by atoms with Crippen molar-refractivity contribution < 1.29 is 4.79 Å². The van der Waals surface area contributed by atoms with E-state index in [1.807, 2.05) is 24.0 Å². The number of nitrogens with zero attached hydrogens (tertiary/aromatic N) is 4. The van der Waals surface area contributed by atoms with E-state index in [0.717, 1.165) is 37.0 Å². The second-order valence-electron chi connectivity index (χ2n) is 5.38. The van der Waals surface area contributed by atoms with Crippen molar-refractivity contribution in [1.82, 2.24) is 14.3 Å². The monoisotopic (exact) mass is 317 g/mol. The Balaban J connectivity index is 1.68. The molecule has 2 aromatic rings. The second-order valence-corrected chi connectivity index (χ2v) is 6.11. The minimum Gasteiger partial charge on any atom is -0.399 e. The van der Waals surface area contributed by atoms with Crippen LogP contribution in [0.15, 0.2) is 24.3 Å². The summed E-state index contributed by atoms with van der Waals surface area (Å²) in [5.74, 6) is 0.847. The lowest BCUT2D eigenvalue weighted by Crippen LogP contribution is -2.35. The molecule has 1 aliphatic rings. The molecule has 1 amide bonds. The standard InChI is InChI=1S/C15H19N5OS/c1-11-17-15(22-18-11)20-7-3-6-19(8-9-20)14(21)12-4-2-5-13(16)10-12/h2,4-5,10H,3,6-9,16H2,1H3. The van der Waals surface area contributed by atoms with Gasteiger partial charge in [-0.05, 0) is 31.5 Å². The fraction of sp³-hybridized carbons (Fsp3) is 0.400. The van der Waals surface area contributed by atoms with Crippen molar-refractivity contribution in [3.8, 4) is 0 Å². The number of amides is 1. The van der Waals surface area contributed by atoms with Gasteiger partial charge in [0.2, 0.25) is 5.13 Å². The summed E-state index contributed by atoms with van der Waals surface area (Å²) in [6, 6.07) is 7.16. The van der Waals surface area contributed by atoms with Crippen LogP contribution in [0, 0.1) is 6.92 Å². The second kappa shape index (κ2) is 6.31. The molecule has 0 radical (unpaired) electrons. The van der Waals surface area contributed by atoms with Gasteiger partial charge in [-0.1, -0.05) is 6.07 Å². The van der Waals surface area contributed by atoms with Crippen LogP contribution in [0.1, 0.15) is 22.6 Å². The van der Waals surface area contributed by atoms with Gasteiger partial charge in [0.25, 0.3) is 5.91 Å². The van der Waals surface area contributed by atoms with Crippen molar-refractivity contribution in [3.63, 3.8) is 0 Å². The van der Waals surface area contributed by atoms with Crippen LogP contribution in [-0.4, -0.2) is 46.3 Å². The van der Waals surface area contributed by atoms with Crippen LogP contribution in [0.25, 0.3) is 0 Å². The Morgan fingerprint density at radius 3 is 2.86 bits per heavy atom. The van der Waals surface area contributed by atoms with Gasteiger partial charge in [0, 0.05) is 49.0 Å². The number of hydrogen-bond donors (Lipinski definition) is 1. The van der Waals surface area contributed by atoms with Gasteiger partial charge in [-0.15, -0.1) is 0 Å². The van der Waals surface area contributed by atoms with E-state index in [9.17, 15) is 4.79 Å². The van der Waals surface area contributed by atoms with Crippen molar-refractivity contribution in [2.24, 2.45) is 0 Å². The summed E-state index contributed by atoms with van der Waals surface area (Å²) in [5, 5.41) is 0.941. The summed E-state index contributed by atoms with van der Waals surface area (Å²) >= 11 is 1.42. The maximum atomic E-state index is 12.6. The third-order valence-corrected chi connectivity index (χ3v) is 4.57. The van der Waals surface area contributed by atoms with E-state index in [4.69, 9.17) is 5.73 Å². The molecule has 0 bridgehead atoms. The van der Waals surface area contributed by atoms with Gasteiger partial charge >= 0.3 is 0 Å². The first-order valence-corrected chi connectivity index (χ1v) is 8.11. The highest BCUT2D eigenvalue weighted by Gasteiger charge is 2.21. The maximum Gasteiger partial charge on any atom is 0.253 e. The van der Waals surface area contributed by atoms with Gasteiger partial charge in [-0.3, -0.25) is 4.79 Å². The topological polar surface area (TPSA) is 75.4 Å². The van der Waals surface area contributed by atoms with E-state index in [2.05, 4.69) is 14.3 Å². The average Bonchev–Trinajstić information content (AvgIpc) is 2.80. The Morgan fingerprint density at radius 1 is 1.27 bits per heavy atom. The highest BCUT2D eigenvalue weighted by molar-refractivity contribution is 7.09. The molecule has 0 atom stereocenters. The van der Waals surface area contributed by atoms with Crippen LogP contribution in [0.4, 0.5) is 10.8 Å². The van der Waals surface area contributed by atoms with Gasteiger partial charge in [0.1, 0.15) is 5.82 Å². The molecule has 2 heterocycles. The van der Waals surface area contributed by atoms with Crippen molar-refractivity contribution in [3.05, 3.63) is 35.7 Å². The summed E-state index contributed by atoms with van der Waals surface area (Å²) < 4.78 is 4.23. The number of aromatic nitrogens is 2. The van der Waals surface area contributed by atoms with Crippen LogP contribution < -0.4 is 10.6 Å². The third-order valence-electron chi connectivity index (χ3n) is 3.70. The molecule has 116 valence electrons. The van der Waals surface area contributed by atoms with E-state index in [1.54, 1.807) is 12.1 Å². The van der Waals surface area contributed by atoms with Gasteiger partial charge in [-0.25, -0.2) is 4.98 Å². The summed E-state index contributed by atoms with van der Waals surface area (Å²) in [4.78, 5) is 21.1. The number of aryl methyl sites for hydroxylation is 1. The molecule has 0 saturated carbocycles. The lowest BCUT2D eigenvalue weighted by molar-refractivity contribution is 0.0767. The van der Waals surface area contributed by atoms with Crippen LogP contribution in [0.3, 0.4) is 0 Å². The number of hydrogen-bond acceptors (Lipinski definition) is 6. The minimum atomic E-state index is 0.0441. The highest BCUT2D eigenvalue weighted by atomic mass is 32.1. The zero-order valence-corrected chi connectivity index (χ0v) is 13.3. The Bertz CT molecular complexity index is 671. The molecule has 6 nitrogen and oxygen atoms in total. The largest absolute Gasteiger partial charge is 0.399 e. The van der Waals surface area contributed by atoms with Crippen molar-refractivity contribution in [1.29, 1.82) is 0 Å². The van der Waals surface area contributed by atoms with Crippen molar-refractivity contribution >= 4 is 28.3 Å². The molecule has 2 N–H and O–H groups in total. The molecule has 0 aliphatic carbocycles. The van der Waals surface area contributed by atoms with E-state index >= 15 is 0 Å². The molecular weight excluding hydrogens is 298 g/mol. The highest BCUT2D eigenvalue weighted by Crippen LogP contribution is 2.19. The van der Waals surface area contributed by atoms with Crippen LogP contribution >= 0.6 is 11.5 Å². The lowest BCUT2D eigenvalue weighted by atomic mass is 10.1.